The highest BCUT2D eigenvalue weighted by Crippen LogP contribution is 2.32. The zero-order valence-electron chi connectivity index (χ0n) is 19.3. The normalized spacial score (nSPS) is 30.8. The van der Waals surface area contributed by atoms with Crippen LogP contribution in [0.1, 0.15) is 73.6 Å². The van der Waals surface area contributed by atoms with E-state index in [1.165, 1.54) is 0 Å². The fourth-order valence-corrected chi connectivity index (χ4v) is 3.93. The molecule has 0 spiro atoms. The van der Waals surface area contributed by atoms with Crippen molar-refractivity contribution in [3.05, 3.63) is 23.5 Å². The van der Waals surface area contributed by atoms with Crippen LogP contribution >= 0.6 is 0 Å². The van der Waals surface area contributed by atoms with Gasteiger partial charge in [-0.2, -0.15) is 0 Å². The van der Waals surface area contributed by atoms with Gasteiger partial charge < -0.3 is 19.3 Å². The number of carbonyl (C=O) groups excluding carboxylic acids is 2. The molecule has 0 saturated carbocycles. The Balaban J connectivity index is 1.88. The van der Waals surface area contributed by atoms with E-state index in [2.05, 4.69) is 32.9 Å². The molecule has 0 bridgehead atoms. The summed E-state index contributed by atoms with van der Waals surface area (Å²) in [6, 6.07) is 0. The van der Waals surface area contributed by atoms with Gasteiger partial charge in [-0.3, -0.25) is 4.79 Å². The summed E-state index contributed by atoms with van der Waals surface area (Å²) < 4.78 is 17.1. The van der Waals surface area contributed by atoms with Crippen LogP contribution in [0.3, 0.4) is 0 Å². The lowest BCUT2D eigenvalue weighted by molar-refractivity contribution is -0.295. The Morgan fingerprint density at radius 3 is 2.63 bits per heavy atom. The number of hydrogen-bond acceptors (Lipinski definition) is 6. The quantitative estimate of drug-likeness (QED) is 0.197. The molecule has 2 heterocycles. The third-order valence-corrected chi connectivity index (χ3v) is 6.02. The number of ether oxygens (including phenoxy) is 3. The second-order valence-corrected chi connectivity index (χ2v) is 9.32. The molecule has 2 fully saturated rings. The third-order valence-electron chi connectivity index (χ3n) is 6.02. The van der Waals surface area contributed by atoms with Gasteiger partial charge in [0.15, 0.2) is 11.6 Å². The molecule has 1 N–H and O–H groups in total. The van der Waals surface area contributed by atoms with Crippen LogP contribution in [0, 0.1) is 17.8 Å². The van der Waals surface area contributed by atoms with Gasteiger partial charge in [-0.15, -0.1) is 0 Å². The van der Waals surface area contributed by atoms with Crippen LogP contribution in [0.15, 0.2) is 23.5 Å². The monoisotopic (exact) mass is 422 g/mol. The second-order valence-electron chi connectivity index (χ2n) is 9.32. The summed E-state index contributed by atoms with van der Waals surface area (Å²) in [6.07, 6.45) is 7.03. The highest BCUT2D eigenvalue weighted by Gasteiger charge is 2.37. The molecule has 6 nitrogen and oxygen atoms in total. The van der Waals surface area contributed by atoms with Crippen molar-refractivity contribution in [3.63, 3.8) is 0 Å². The molecule has 0 aromatic heterocycles. The van der Waals surface area contributed by atoms with E-state index in [1.54, 1.807) is 6.92 Å². The highest BCUT2D eigenvalue weighted by molar-refractivity contribution is 6.19. The molecule has 0 radical (unpaired) electrons. The van der Waals surface area contributed by atoms with Crippen LogP contribution in [0.5, 0.6) is 0 Å². The number of carbonyl (C=O) groups is 2. The minimum absolute atomic E-state index is 0.128. The summed E-state index contributed by atoms with van der Waals surface area (Å²) in [6.45, 7) is 12.7. The predicted octanol–water partition coefficient (Wildman–Crippen LogP) is 4.88. The van der Waals surface area contributed by atoms with Gasteiger partial charge in [-0.25, -0.2) is 4.79 Å². The molecule has 2 aliphatic rings. The number of Topliss-reactive ketones (excluding diaryl/α,β-unsaturated/α-hetero) is 1. The number of aliphatic hydroxyl groups excluding tert-OH is 1. The summed E-state index contributed by atoms with van der Waals surface area (Å²) in [4.78, 5) is 24.0. The average Bonchev–Trinajstić information content (AvgIpc) is 2.65. The van der Waals surface area contributed by atoms with E-state index in [-0.39, 0.29) is 35.6 Å². The van der Waals surface area contributed by atoms with Gasteiger partial charge in [0.25, 0.3) is 0 Å². The number of allylic oxidation sites excluding steroid dienone is 2. The van der Waals surface area contributed by atoms with Crippen molar-refractivity contribution in [3.8, 4) is 0 Å². The highest BCUT2D eigenvalue weighted by atomic mass is 16.7. The molecule has 2 saturated heterocycles. The molecule has 2 rings (SSSR count). The molecule has 0 aromatic rings. The Kier molecular flexibility index (Phi) is 8.68. The van der Waals surface area contributed by atoms with Crippen LogP contribution in [-0.4, -0.2) is 41.5 Å². The molecular weight excluding hydrogens is 384 g/mol. The van der Waals surface area contributed by atoms with E-state index in [9.17, 15) is 14.7 Å². The van der Waals surface area contributed by atoms with E-state index in [4.69, 9.17) is 14.2 Å². The lowest BCUT2D eigenvalue weighted by Crippen LogP contribution is -2.47. The summed E-state index contributed by atoms with van der Waals surface area (Å²) >= 11 is 0. The fraction of sp³-hybridized carbons (Fsp3) is 0.750. The first-order valence-corrected chi connectivity index (χ1v) is 11.2. The van der Waals surface area contributed by atoms with Crippen LogP contribution in [-0.2, 0) is 23.8 Å². The van der Waals surface area contributed by atoms with Gasteiger partial charge in [0.05, 0.1) is 12.7 Å². The van der Waals surface area contributed by atoms with Crippen molar-refractivity contribution in [2.24, 2.45) is 17.8 Å². The van der Waals surface area contributed by atoms with Crippen molar-refractivity contribution in [2.75, 3.05) is 6.61 Å². The van der Waals surface area contributed by atoms with E-state index < -0.39 is 17.9 Å². The van der Waals surface area contributed by atoms with E-state index in [0.29, 0.717) is 31.3 Å². The van der Waals surface area contributed by atoms with Gasteiger partial charge in [-0.05, 0) is 45.4 Å². The van der Waals surface area contributed by atoms with Crippen molar-refractivity contribution >= 4 is 11.8 Å². The molecule has 0 amide bonds. The molecule has 2 aliphatic heterocycles. The fourth-order valence-electron chi connectivity index (χ4n) is 3.93. The maximum Gasteiger partial charge on any atom is 0.345 e. The Hall–Kier alpha value is -1.66. The predicted molar refractivity (Wildman–Crippen MR) is 115 cm³/mol. The largest absolute Gasteiger partial charge is 0.511 e. The van der Waals surface area contributed by atoms with Gasteiger partial charge in [0.2, 0.25) is 0 Å². The number of ketones is 1. The van der Waals surface area contributed by atoms with E-state index >= 15 is 0 Å². The maximum atomic E-state index is 12.1. The average molecular weight is 423 g/mol. The minimum atomic E-state index is -0.708. The zero-order chi connectivity index (χ0) is 22.5. The molecule has 0 aliphatic carbocycles. The molecule has 0 aromatic carbocycles. The number of cyclic esters (lactones) is 1. The first-order chi connectivity index (χ1) is 14.0. The van der Waals surface area contributed by atoms with Crippen molar-refractivity contribution in [1.82, 2.24) is 0 Å². The molecule has 170 valence electrons. The van der Waals surface area contributed by atoms with E-state index in [1.807, 2.05) is 13.8 Å². The standard InChI is InChI=1S/C24H38O6/c1-7-16(3)22-18(14-28-24(5,6)30-22)10-8-9-15(2)11-12-19(25)21-20(26)13-17(4)29-23(21)27/h8,10,15-18,22,25H,7,9,11-14H2,1-6H3/b10-8+,21-19+/t15-,16-,17+,18-,22+/m0/s1. The summed E-state index contributed by atoms with van der Waals surface area (Å²) in [7, 11) is 0. The topological polar surface area (TPSA) is 82.1 Å². The third kappa shape index (κ3) is 6.67. The molecule has 6 heteroatoms. The Bertz CT molecular complexity index is 657. The second kappa shape index (κ2) is 10.6. The van der Waals surface area contributed by atoms with Gasteiger partial charge in [0, 0.05) is 18.8 Å². The summed E-state index contributed by atoms with van der Waals surface area (Å²) in [5.41, 5.74) is -0.175. The van der Waals surface area contributed by atoms with Gasteiger partial charge in [-0.1, -0.05) is 39.3 Å². The Labute approximate surface area is 180 Å². The summed E-state index contributed by atoms with van der Waals surface area (Å²) in [5, 5.41) is 10.3. The van der Waals surface area contributed by atoms with Crippen LogP contribution < -0.4 is 0 Å². The van der Waals surface area contributed by atoms with E-state index in [0.717, 1.165) is 12.8 Å². The zero-order valence-corrected chi connectivity index (χ0v) is 19.3. The number of rotatable bonds is 8. The first-order valence-electron chi connectivity index (χ1n) is 11.2. The van der Waals surface area contributed by atoms with Gasteiger partial charge >= 0.3 is 5.97 Å². The lowest BCUT2D eigenvalue weighted by atomic mass is 9.88. The van der Waals surface area contributed by atoms with Crippen molar-refractivity contribution in [1.29, 1.82) is 0 Å². The molecular formula is C24H38O6. The van der Waals surface area contributed by atoms with Crippen molar-refractivity contribution < 1.29 is 28.9 Å². The number of esters is 1. The number of aliphatic hydroxyl groups is 1. The summed E-state index contributed by atoms with van der Waals surface area (Å²) in [5.74, 6) is -0.791. The SMILES string of the molecule is CC[C@H](C)[C@H]1OC(C)(C)OC[C@@H]1/C=C/C[C@H](C)CC/C(O)=C1/C(=O)C[C@@H](C)OC1=O. The van der Waals surface area contributed by atoms with Gasteiger partial charge in [0.1, 0.15) is 17.4 Å². The molecule has 0 unspecified atom stereocenters. The first kappa shape index (κ1) is 24.6. The van der Waals surface area contributed by atoms with Crippen molar-refractivity contribution in [2.45, 2.75) is 91.6 Å². The molecule has 30 heavy (non-hydrogen) atoms. The van der Waals surface area contributed by atoms with Crippen LogP contribution in [0.25, 0.3) is 0 Å². The maximum absolute atomic E-state index is 12.1. The lowest BCUT2D eigenvalue weighted by Gasteiger charge is -2.42. The van der Waals surface area contributed by atoms with Crippen LogP contribution in [0.4, 0.5) is 0 Å². The molecule has 5 atom stereocenters. The Morgan fingerprint density at radius 1 is 1.30 bits per heavy atom. The minimum Gasteiger partial charge on any atom is -0.511 e. The smallest absolute Gasteiger partial charge is 0.345 e. The van der Waals surface area contributed by atoms with Crippen LogP contribution in [0.2, 0.25) is 0 Å². The number of hydrogen-bond donors (Lipinski definition) is 1. The Morgan fingerprint density at radius 2 is 2.00 bits per heavy atom.